The maximum atomic E-state index is 12.5. The number of aryl methyl sites for hydroxylation is 1. The molecule has 1 aliphatic rings. The average Bonchev–Trinajstić information content (AvgIpc) is 2.92. The van der Waals surface area contributed by atoms with Gasteiger partial charge in [-0.15, -0.1) is 0 Å². The van der Waals surface area contributed by atoms with Crippen molar-refractivity contribution in [1.29, 1.82) is 0 Å². The van der Waals surface area contributed by atoms with Crippen LogP contribution in [0.2, 0.25) is 0 Å². The zero-order chi connectivity index (χ0) is 14.0. The highest BCUT2D eigenvalue weighted by molar-refractivity contribution is 7.89. The smallest absolute Gasteiger partial charge is 0.335 e. The molecule has 0 atom stereocenters. The van der Waals surface area contributed by atoms with Gasteiger partial charge in [0.2, 0.25) is 10.0 Å². The summed E-state index contributed by atoms with van der Waals surface area (Å²) in [5, 5.41) is 9.00. The van der Waals surface area contributed by atoms with Crippen LogP contribution >= 0.6 is 0 Å². The van der Waals surface area contributed by atoms with E-state index in [1.54, 1.807) is 6.07 Å². The van der Waals surface area contributed by atoms with E-state index in [0.717, 1.165) is 12.8 Å². The van der Waals surface area contributed by atoms with Crippen LogP contribution in [0, 0.1) is 0 Å². The molecule has 0 aliphatic carbocycles. The molecule has 5 nitrogen and oxygen atoms in total. The summed E-state index contributed by atoms with van der Waals surface area (Å²) in [4.78, 5) is 11.1. The SMILES string of the molecule is CCc1ccc(C(=O)O)cc1S(=O)(=O)N1CCCC1. The number of sulfonamides is 1. The van der Waals surface area contributed by atoms with Crippen molar-refractivity contribution < 1.29 is 18.3 Å². The van der Waals surface area contributed by atoms with Crippen molar-refractivity contribution in [3.05, 3.63) is 29.3 Å². The Morgan fingerprint density at radius 3 is 2.47 bits per heavy atom. The van der Waals surface area contributed by atoms with Crippen molar-refractivity contribution in [1.82, 2.24) is 4.31 Å². The van der Waals surface area contributed by atoms with E-state index < -0.39 is 16.0 Å². The van der Waals surface area contributed by atoms with Gasteiger partial charge in [-0.05, 0) is 37.0 Å². The van der Waals surface area contributed by atoms with Gasteiger partial charge in [-0.1, -0.05) is 13.0 Å². The zero-order valence-corrected chi connectivity index (χ0v) is 11.6. The van der Waals surface area contributed by atoms with Gasteiger partial charge in [0.05, 0.1) is 10.5 Å². The minimum Gasteiger partial charge on any atom is -0.478 e. The van der Waals surface area contributed by atoms with E-state index in [0.29, 0.717) is 25.1 Å². The van der Waals surface area contributed by atoms with Crippen molar-refractivity contribution in [2.24, 2.45) is 0 Å². The normalized spacial score (nSPS) is 16.7. The van der Waals surface area contributed by atoms with Crippen LogP contribution in [0.4, 0.5) is 0 Å². The predicted octanol–water partition coefficient (Wildman–Crippen LogP) is 1.73. The highest BCUT2D eigenvalue weighted by Crippen LogP contribution is 2.25. The first kappa shape index (κ1) is 14.0. The number of carboxylic acids is 1. The molecule has 0 saturated carbocycles. The van der Waals surface area contributed by atoms with Crippen LogP contribution < -0.4 is 0 Å². The highest BCUT2D eigenvalue weighted by atomic mass is 32.2. The molecule has 104 valence electrons. The van der Waals surface area contributed by atoms with Crippen LogP contribution in [-0.4, -0.2) is 36.9 Å². The zero-order valence-electron chi connectivity index (χ0n) is 10.8. The summed E-state index contributed by atoms with van der Waals surface area (Å²) in [6.07, 6.45) is 2.28. The van der Waals surface area contributed by atoms with Crippen molar-refractivity contribution in [3.63, 3.8) is 0 Å². The summed E-state index contributed by atoms with van der Waals surface area (Å²) < 4.78 is 26.5. The third kappa shape index (κ3) is 2.64. The van der Waals surface area contributed by atoms with E-state index in [1.807, 2.05) is 6.92 Å². The fourth-order valence-electron chi connectivity index (χ4n) is 2.29. The van der Waals surface area contributed by atoms with Gasteiger partial charge in [0, 0.05) is 13.1 Å². The first-order chi connectivity index (χ1) is 8.96. The Morgan fingerprint density at radius 1 is 1.32 bits per heavy atom. The molecule has 1 aromatic carbocycles. The number of carbonyl (C=O) groups is 1. The van der Waals surface area contributed by atoms with E-state index in [4.69, 9.17) is 5.11 Å². The second-order valence-electron chi connectivity index (χ2n) is 4.59. The molecule has 2 rings (SSSR count). The monoisotopic (exact) mass is 283 g/mol. The number of nitrogens with zero attached hydrogens (tertiary/aromatic N) is 1. The van der Waals surface area contributed by atoms with Crippen LogP contribution in [0.1, 0.15) is 35.7 Å². The number of hydrogen-bond donors (Lipinski definition) is 1. The number of aromatic carboxylic acids is 1. The van der Waals surface area contributed by atoms with Crippen LogP contribution in [0.25, 0.3) is 0 Å². The summed E-state index contributed by atoms with van der Waals surface area (Å²) in [5.41, 5.74) is 0.673. The molecule has 1 N–H and O–H groups in total. The molecule has 0 unspecified atom stereocenters. The minimum atomic E-state index is -3.57. The fourth-order valence-corrected chi connectivity index (χ4v) is 4.12. The van der Waals surface area contributed by atoms with Gasteiger partial charge >= 0.3 is 5.97 Å². The van der Waals surface area contributed by atoms with E-state index in [-0.39, 0.29) is 10.5 Å². The van der Waals surface area contributed by atoms with Crippen molar-refractivity contribution in [2.75, 3.05) is 13.1 Å². The molecule has 0 bridgehead atoms. The minimum absolute atomic E-state index is 0.00923. The lowest BCUT2D eigenvalue weighted by Gasteiger charge is -2.18. The van der Waals surface area contributed by atoms with Gasteiger partial charge in [-0.3, -0.25) is 0 Å². The third-order valence-corrected chi connectivity index (χ3v) is 5.36. The van der Waals surface area contributed by atoms with Crippen LogP contribution in [0.15, 0.2) is 23.1 Å². The molecule has 1 heterocycles. The maximum absolute atomic E-state index is 12.5. The van der Waals surface area contributed by atoms with E-state index in [2.05, 4.69) is 0 Å². The number of rotatable bonds is 4. The molecule has 0 amide bonds. The molecule has 0 radical (unpaired) electrons. The second kappa shape index (κ2) is 5.30. The molecule has 0 spiro atoms. The number of carboxylic acid groups (broad SMARTS) is 1. The van der Waals surface area contributed by atoms with Crippen LogP contribution in [0.5, 0.6) is 0 Å². The molecule has 0 aromatic heterocycles. The van der Waals surface area contributed by atoms with Crippen molar-refractivity contribution in [2.45, 2.75) is 31.1 Å². The molecule has 1 aromatic rings. The first-order valence-corrected chi connectivity index (χ1v) is 7.77. The van der Waals surface area contributed by atoms with E-state index in [9.17, 15) is 13.2 Å². The third-order valence-electron chi connectivity index (χ3n) is 3.38. The van der Waals surface area contributed by atoms with Crippen LogP contribution in [0.3, 0.4) is 0 Å². The Morgan fingerprint density at radius 2 is 1.95 bits per heavy atom. The largest absolute Gasteiger partial charge is 0.478 e. The number of benzene rings is 1. The topological polar surface area (TPSA) is 74.7 Å². The molecular weight excluding hydrogens is 266 g/mol. The Bertz CT molecular complexity index is 589. The molecule has 19 heavy (non-hydrogen) atoms. The summed E-state index contributed by atoms with van der Waals surface area (Å²) in [5.74, 6) is -1.11. The lowest BCUT2D eigenvalue weighted by Crippen LogP contribution is -2.28. The van der Waals surface area contributed by atoms with E-state index in [1.165, 1.54) is 16.4 Å². The summed E-state index contributed by atoms with van der Waals surface area (Å²) in [6, 6.07) is 4.31. The lowest BCUT2D eigenvalue weighted by atomic mass is 10.1. The van der Waals surface area contributed by atoms with Crippen molar-refractivity contribution >= 4 is 16.0 Å². The van der Waals surface area contributed by atoms with Gasteiger partial charge in [0.1, 0.15) is 0 Å². The Kier molecular flexibility index (Phi) is 3.91. The highest BCUT2D eigenvalue weighted by Gasteiger charge is 2.29. The maximum Gasteiger partial charge on any atom is 0.335 e. The number of hydrogen-bond acceptors (Lipinski definition) is 3. The van der Waals surface area contributed by atoms with Crippen molar-refractivity contribution in [3.8, 4) is 0 Å². The lowest BCUT2D eigenvalue weighted by molar-refractivity contribution is 0.0696. The summed E-state index contributed by atoms with van der Waals surface area (Å²) in [7, 11) is -3.57. The summed E-state index contributed by atoms with van der Waals surface area (Å²) >= 11 is 0. The van der Waals surface area contributed by atoms with Gasteiger partial charge in [-0.25, -0.2) is 13.2 Å². The van der Waals surface area contributed by atoms with Gasteiger partial charge in [0.15, 0.2) is 0 Å². The Balaban J connectivity index is 2.52. The summed E-state index contributed by atoms with van der Waals surface area (Å²) in [6.45, 7) is 2.89. The Labute approximate surface area is 112 Å². The standard InChI is InChI=1S/C13H17NO4S/c1-2-10-5-6-11(13(15)16)9-12(10)19(17,18)14-7-3-4-8-14/h5-6,9H,2-4,7-8H2,1H3,(H,15,16). The van der Waals surface area contributed by atoms with Gasteiger partial charge < -0.3 is 5.11 Å². The molecule has 6 heteroatoms. The quantitative estimate of drug-likeness (QED) is 0.913. The second-order valence-corrected chi connectivity index (χ2v) is 6.50. The Hall–Kier alpha value is -1.40. The molecule has 1 saturated heterocycles. The van der Waals surface area contributed by atoms with Gasteiger partial charge in [-0.2, -0.15) is 4.31 Å². The van der Waals surface area contributed by atoms with Gasteiger partial charge in [0.25, 0.3) is 0 Å². The molecule has 1 aliphatic heterocycles. The first-order valence-electron chi connectivity index (χ1n) is 6.33. The van der Waals surface area contributed by atoms with E-state index >= 15 is 0 Å². The molecular formula is C13H17NO4S. The van der Waals surface area contributed by atoms with Crippen LogP contribution in [-0.2, 0) is 16.4 Å². The average molecular weight is 283 g/mol. The fraction of sp³-hybridized carbons (Fsp3) is 0.462. The molecule has 1 fully saturated rings. The predicted molar refractivity (Wildman–Crippen MR) is 70.8 cm³/mol.